The number of aromatic nitrogens is 5. The number of nitriles is 1. The number of aryl methyl sites for hydroxylation is 1. The van der Waals surface area contributed by atoms with Crippen LogP contribution < -0.4 is 5.32 Å². The lowest BCUT2D eigenvalue weighted by Gasteiger charge is -2.10. The van der Waals surface area contributed by atoms with Gasteiger partial charge in [0.2, 0.25) is 0 Å². The summed E-state index contributed by atoms with van der Waals surface area (Å²) in [7, 11) is 0. The Hall–Kier alpha value is -4.57. The number of pyridine rings is 2. The zero-order valence-electron chi connectivity index (χ0n) is 18.1. The van der Waals surface area contributed by atoms with Gasteiger partial charge in [0.1, 0.15) is 11.5 Å². The van der Waals surface area contributed by atoms with Crippen LogP contribution >= 0.6 is 0 Å². The minimum absolute atomic E-state index is 0.557. The second-order valence-corrected chi connectivity index (χ2v) is 7.70. The lowest BCUT2D eigenvalue weighted by Crippen LogP contribution is -2.08. The van der Waals surface area contributed by atoms with Gasteiger partial charge >= 0.3 is 0 Å². The van der Waals surface area contributed by atoms with E-state index in [1.165, 1.54) is 5.56 Å². The van der Waals surface area contributed by atoms with E-state index in [1.54, 1.807) is 18.6 Å². The normalized spacial score (nSPS) is 10.8. The Kier molecular flexibility index (Phi) is 5.48. The molecule has 5 aromatic rings. The van der Waals surface area contributed by atoms with Crippen molar-refractivity contribution in [3.05, 3.63) is 90.0 Å². The molecule has 7 nitrogen and oxygen atoms in total. The molecule has 4 aromatic heterocycles. The van der Waals surface area contributed by atoms with Crippen LogP contribution in [0.15, 0.2) is 73.2 Å². The van der Waals surface area contributed by atoms with Crippen LogP contribution in [0.4, 0.5) is 5.82 Å². The van der Waals surface area contributed by atoms with Crippen LogP contribution in [0, 0.1) is 18.3 Å². The van der Waals surface area contributed by atoms with E-state index in [0.29, 0.717) is 23.6 Å². The van der Waals surface area contributed by atoms with Crippen LogP contribution in [0.25, 0.3) is 33.7 Å². The predicted octanol–water partition coefficient (Wildman–Crippen LogP) is 4.92. The SMILES string of the molecule is Cc1[nH]c2ccc(C#N)cc2c1CCNc1cc(-c2cccnc2)nc(-c2ccccn2)n1. The number of hydrogen-bond acceptors (Lipinski definition) is 6. The van der Waals surface area contributed by atoms with Gasteiger partial charge < -0.3 is 10.3 Å². The van der Waals surface area contributed by atoms with Crippen molar-refractivity contribution in [2.24, 2.45) is 0 Å². The first-order chi connectivity index (χ1) is 16.2. The van der Waals surface area contributed by atoms with Gasteiger partial charge in [0.15, 0.2) is 5.82 Å². The highest BCUT2D eigenvalue weighted by atomic mass is 15.0. The molecule has 0 saturated carbocycles. The molecule has 33 heavy (non-hydrogen) atoms. The maximum absolute atomic E-state index is 9.26. The van der Waals surface area contributed by atoms with Crippen molar-refractivity contribution in [2.45, 2.75) is 13.3 Å². The third-order valence-electron chi connectivity index (χ3n) is 5.51. The lowest BCUT2D eigenvalue weighted by molar-refractivity contribution is 0.992. The van der Waals surface area contributed by atoms with Crippen molar-refractivity contribution in [1.82, 2.24) is 24.9 Å². The first-order valence-corrected chi connectivity index (χ1v) is 10.7. The number of hydrogen-bond donors (Lipinski definition) is 2. The Morgan fingerprint density at radius 2 is 1.94 bits per heavy atom. The van der Waals surface area contributed by atoms with Crippen LogP contribution in [-0.2, 0) is 6.42 Å². The molecule has 0 aliphatic heterocycles. The lowest BCUT2D eigenvalue weighted by atomic mass is 10.1. The highest BCUT2D eigenvalue weighted by molar-refractivity contribution is 5.86. The highest BCUT2D eigenvalue weighted by Gasteiger charge is 2.12. The van der Waals surface area contributed by atoms with Crippen molar-refractivity contribution >= 4 is 16.7 Å². The molecule has 0 fully saturated rings. The molecule has 0 amide bonds. The molecule has 0 bridgehead atoms. The molecule has 0 spiro atoms. The second-order valence-electron chi connectivity index (χ2n) is 7.70. The first-order valence-electron chi connectivity index (χ1n) is 10.7. The summed E-state index contributed by atoms with van der Waals surface area (Å²) in [6, 6.07) is 19.4. The predicted molar refractivity (Wildman–Crippen MR) is 128 cm³/mol. The summed E-state index contributed by atoms with van der Waals surface area (Å²) in [6.07, 6.45) is 6.05. The molecule has 0 aliphatic rings. The van der Waals surface area contributed by atoms with Gasteiger partial charge in [0, 0.05) is 53.4 Å². The van der Waals surface area contributed by atoms with Crippen LogP contribution in [0.5, 0.6) is 0 Å². The van der Waals surface area contributed by atoms with E-state index in [9.17, 15) is 5.26 Å². The molecule has 0 saturated heterocycles. The molecule has 7 heteroatoms. The van der Waals surface area contributed by atoms with Crippen LogP contribution in [-0.4, -0.2) is 31.5 Å². The maximum Gasteiger partial charge on any atom is 0.180 e. The third-order valence-corrected chi connectivity index (χ3v) is 5.51. The number of anilines is 1. The largest absolute Gasteiger partial charge is 0.370 e. The molecule has 160 valence electrons. The number of H-pyrrole nitrogens is 1. The number of nitrogens with zero attached hydrogens (tertiary/aromatic N) is 5. The number of nitrogens with one attached hydrogen (secondary N) is 2. The van der Waals surface area contributed by atoms with Crippen LogP contribution in [0.1, 0.15) is 16.8 Å². The smallest absolute Gasteiger partial charge is 0.180 e. The molecule has 4 heterocycles. The van der Waals surface area contributed by atoms with Gasteiger partial charge in [-0.3, -0.25) is 9.97 Å². The minimum Gasteiger partial charge on any atom is -0.370 e. The third kappa shape index (κ3) is 4.27. The summed E-state index contributed by atoms with van der Waals surface area (Å²) in [5.74, 6) is 1.28. The van der Waals surface area contributed by atoms with Gasteiger partial charge in [0.05, 0.1) is 17.3 Å². The summed E-state index contributed by atoms with van der Waals surface area (Å²) < 4.78 is 0. The fourth-order valence-corrected chi connectivity index (χ4v) is 3.90. The van der Waals surface area contributed by atoms with Gasteiger partial charge in [-0.1, -0.05) is 6.07 Å². The van der Waals surface area contributed by atoms with Gasteiger partial charge in [-0.25, -0.2) is 9.97 Å². The molecule has 2 N–H and O–H groups in total. The van der Waals surface area contributed by atoms with E-state index in [4.69, 9.17) is 9.97 Å². The Morgan fingerprint density at radius 3 is 2.73 bits per heavy atom. The van der Waals surface area contributed by atoms with E-state index in [1.807, 2.05) is 54.6 Å². The van der Waals surface area contributed by atoms with E-state index in [0.717, 1.165) is 40.1 Å². The molecular formula is C26H21N7. The number of fused-ring (bicyclic) bond motifs is 1. The fraction of sp³-hybridized carbons (Fsp3) is 0.115. The fourth-order valence-electron chi connectivity index (χ4n) is 3.90. The second kappa shape index (κ2) is 8.89. The summed E-state index contributed by atoms with van der Waals surface area (Å²) in [6.45, 7) is 2.74. The Bertz CT molecular complexity index is 1390. The number of rotatable bonds is 6. The van der Waals surface area contributed by atoms with E-state index >= 15 is 0 Å². The van der Waals surface area contributed by atoms with Crippen molar-refractivity contribution < 1.29 is 0 Å². The molecule has 1 aromatic carbocycles. The minimum atomic E-state index is 0.557. The Labute approximate surface area is 191 Å². The molecule has 5 rings (SSSR count). The summed E-state index contributed by atoms with van der Waals surface area (Å²) in [5.41, 5.74) is 6.41. The maximum atomic E-state index is 9.26. The molecular weight excluding hydrogens is 410 g/mol. The molecule has 0 atom stereocenters. The van der Waals surface area contributed by atoms with E-state index < -0.39 is 0 Å². The number of benzene rings is 1. The van der Waals surface area contributed by atoms with Crippen molar-refractivity contribution in [1.29, 1.82) is 5.26 Å². The Balaban J connectivity index is 1.43. The van der Waals surface area contributed by atoms with Crippen molar-refractivity contribution in [3.8, 4) is 28.8 Å². The van der Waals surface area contributed by atoms with Crippen LogP contribution in [0.3, 0.4) is 0 Å². The summed E-state index contributed by atoms with van der Waals surface area (Å²) >= 11 is 0. The average molecular weight is 432 g/mol. The summed E-state index contributed by atoms with van der Waals surface area (Å²) in [5, 5.41) is 13.8. The average Bonchev–Trinajstić information content (AvgIpc) is 3.19. The zero-order chi connectivity index (χ0) is 22.6. The Morgan fingerprint density at radius 1 is 1.00 bits per heavy atom. The first kappa shape index (κ1) is 20.3. The zero-order valence-corrected chi connectivity index (χ0v) is 18.1. The summed E-state index contributed by atoms with van der Waals surface area (Å²) in [4.78, 5) is 21.5. The molecule has 0 unspecified atom stereocenters. The highest BCUT2D eigenvalue weighted by Crippen LogP contribution is 2.25. The van der Waals surface area contributed by atoms with Crippen molar-refractivity contribution in [2.75, 3.05) is 11.9 Å². The molecule has 0 radical (unpaired) electrons. The quantitative estimate of drug-likeness (QED) is 0.396. The van der Waals surface area contributed by atoms with E-state index in [-0.39, 0.29) is 0 Å². The number of aromatic amines is 1. The van der Waals surface area contributed by atoms with Crippen molar-refractivity contribution in [3.63, 3.8) is 0 Å². The molecule has 0 aliphatic carbocycles. The van der Waals surface area contributed by atoms with Crippen LogP contribution in [0.2, 0.25) is 0 Å². The monoisotopic (exact) mass is 431 g/mol. The topological polar surface area (TPSA) is 103 Å². The standard InChI is InChI=1S/C26H21N7/c1-17-20(21-13-18(15-27)7-8-22(21)31-17)9-12-30-25-14-24(19-5-4-10-28-16-19)32-26(33-25)23-6-2-3-11-29-23/h2-8,10-11,13-14,16,31H,9,12H2,1H3,(H,30,32,33). The van der Waals surface area contributed by atoms with E-state index in [2.05, 4.69) is 33.3 Å². The van der Waals surface area contributed by atoms with Gasteiger partial charge in [-0.05, 0) is 61.4 Å². The van der Waals surface area contributed by atoms with Gasteiger partial charge in [-0.2, -0.15) is 5.26 Å². The van der Waals surface area contributed by atoms with Gasteiger partial charge in [0.25, 0.3) is 0 Å². The van der Waals surface area contributed by atoms with Gasteiger partial charge in [-0.15, -0.1) is 0 Å².